The summed E-state index contributed by atoms with van der Waals surface area (Å²) in [7, 11) is 0. The van der Waals surface area contributed by atoms with Crippen molar-refractivity contribution in [3.63, 3.8) is 0 Å². The lowest BCUT2D eigenvalue weighted by Gasteiger charge is -2.36. The fourth-order valence-corrected chi connectivity index (χ4v) is 3.40. The van der Waals surface area contributed by atoms with Crippen molar-refractivity contribution in [2.24, 2.45) is 11.8 Å². The zero-order chi connectivity index (χ0) is 13.0. The lowest BCUT2D eigenvalue weighted by atomic mass is 9.70. The van der Waals surface area contributed by atoms with E-state index in [2.05, 4.69) is 50.4 Å². The van der Waals surface area contributed by atoms with Gasteiger partial charge in [0, 0.05) is 0 Å². The zero-order valence-corrected chi connectivity index (χ0v) is 12.1. The Bertz CT molecular complexity index is 370. The monoisotopic (exact) mass is 245 g/mol. The Hall–Kier alpha value is -0.820. The van der Waals surface area contributed by atoms with Gasteiger partial charge in [-0.2, -0.15) is 0 Å². The first-order valence-electron chi connectivity index (χ1n) is 7.48. The van der Waals surface area contributed by atoms with Crippen molar-refractivity contribution in [3.05, 3.63) is 35.4 Å². The molecule has 0 saturated heterocycles. The summed E-state index contributed by atoms with van der Waals surface area (Å²) < 4.78 is 0. The second-order valence-electron chi connectivity index (χ2n) is 5.95. The Morgan fingerprint density at radius 2 is 2.00 bits per heavy atom. The maximum atomic E-state index is 3.55. The van der Waals surface area contributed by atoms with Gasteiger partial charge in [-0.25, -0.2) is 0 Å². The first-order chi connectivity index (χ1) is 8.72. The Labute approximate surface area is 112 Å². The molecule has 1 aliphatic carbocycles. The molecule has 0 heterocycles. The van der Waals surface area contributed by atoms with Crippen LogP contribution in [0.3, 0.4) is 0 Å². The molecular weight excluding hydrogens is 218 g/mol. The predicted octanol–water partition coefficient (Wildman–Crippen LogP) is 4.12. The third-order valence-corrected chi connectivity index (χ3v) is 4.50. The van der Waals surface area contributed by atoms with Gasteiger partial charge in [-0.15, -0.1) is 0 Å². The van der Waals surface area contributed by atoms with E-state index in [1.807, 2.05) is 0 Å². The van der Waals surface area contributed by atoms with Gasteiger partial charge < -0.3 is 5.32 Å². The Kier molecular flexibility index (Phi) is 4.82. The number of aryl methyl sites for hydroxylation is 1. The number of benzene rings is 1. The average molecular weight is 245 g/mol. The molecule has 0 radical (unpaired) electrons. The second-order valence-corrected chi connectivity index (χ2v) is 5.95. The van der Waals surface area contributed by atoms with Gasteiger partial charge in [0.25, 0.3) is 0 Å². The van der Waals surface area contributed by atoms with Crippen molar-refractivity contribution in [2.45, 2.75) is 46.0 Å². The molecular formula is C17H27N. The van der Waals surface area contributed by atoms with E-state index < -0.39 is 0 Å². The van der Waals surface area contributed by atoms with Crippen LogP contribution < -0.4 is 5.32 Å². The molecule has 1 heteroatoms. The maximum Gasteiger partial charge on any atom is -0.00148 e. The van der Waals surface area contributed by atoms with Gasteiger partial charge >= 0.3 is 0 Å². The maximum absolute atomic E-state index is 3.55. The number of nitrogens with one attached hydrogen (secondary N) is 1. The van der Waals surface area contributed by atoms with Crippen molar-refractivity contribution in [2.75, 3.05) is 13.1 Å². The topological polar surface area (TPSA) is 12.0 Å². The molecule has 2 rings (SSSR count). The third-order valence-electron chi connectivity index (χ3n) is 4.50. The highest BCUT2D eigenvalue weighted by Crippen LogP contribution is 2.41. The fourth-order valence-electron chi connectivity index (χ4n) is 3.40. The minimum absolute atomic E-state index is 0.758. The fraction of sp³-hybridized carbons (Fsp3) is 0.647. The first-order valence-corrected chi connectivity index (χ1v) is 7.48. The van der Waals surface area contributed by atoms with E-state index in [0.29, 0.717) is 0 Å². The third kappa shape index (κ3) is 3.14. The SMILES string of the molecule is CCNCC1CCC(C)CC1c1ccccc1C. The Balaban J connectivity index is 2.17. The average Bonchev–Trinajstić information content (AvgIpc) is 2.38. The minimum atomic E-state index is 0.758. The predicted molar refractivity (Wildman–Crippen MR) is 79.0 cm³/mol. The molecule has 1 aromatic rings. The van der Waals surface area contributed by atoms with Crippen molar-refractivity contribution in [3.8, 4) is 0 Å². The molecule has 3 unspecified atom stereocenters. The van der Waals surface area contributed by atoms with E-state index in [-0.39, 0.29) is 0 Å². The van der Waals surface area contributed by atoms with Crippen LogP contribution in [-0.2, 0) is 0 Å². The zero-order valence-electron chi connectivity index (χ0n) is 12.1. The van der Waals surface area contributed by atoms with E-state index in [4.69, 9.17) is 0 Å². The van der Waals surface area contributed by atoms with E-state index in [1.165, 1.54) is 31.4 Å². The lowest BCUT2D eigenvalue weighted by molar-refractivity contribution is 0.242. The highest BCUT2D eigenvalue weighted by molar-refractivity contribution is 5.30. The van der Waals surface area contributed by atoms with Gasteiger partial charge in [-0.05, 0) is 61.7 Å². The van der Waals surface area contributed by atoms with Gasteiger partial charge in [-0.3, -0.25) is 0 Å². The molecule has 1 fully saturated rings. The highest BCUT2D eigenvalue weighted by atomic mass is 14.8. The molecule has 0 bridgehead atoms. The molecule has 3 atom stereocenters. The summed E-state index contributed by atoms with van der Waals surface area (Å²) in [6.45, 7) is 9.15. The molecule has 0 spiro atoms. The Morgan fingerprint density at radius 3 is 2.72 bits per heavy atom. The largest absolute Gasteiger partial charge is 0.317 e. The molecule has 1 N–H and O–H groups in total. The molecule has 100 valence electrons. The van der Waals surface area contributed by atoms with Crippen LogP contribution in [0.2, 0.25) is 0 Å². The molecule has 1 saturated carbocycles. The molecule has 0 aliphatic heterocycles. The summed E-state index contributed by atoms with van der Waals surface area (Å²) in [5, 5.41) is 3.55. The van der Waals surface area contributed by atoms with E-state index in [0.717, 1.165) is 24.3 Å². The molecule has 1 aliphatic rings. The van der Waals surface area contributed by atoms with Crippen molar-refractivity contribution >= 4 is 0 Å². The van der Waals surface area contributed by atoms with Crippen LogP contribution in [0.25, 0.3) is 0 Å². The van der Waals surface area contributed by atoms with Gasteiger partial charge in [-0.1, -0.05) is 44.5 Å². The first kappa shape index (κ1) is 13.6. The van der Waals surface area contributed by atoms with Crippen LogP contribution in [0.5, 0.6) is 0 Å². The lowest BCUT2D eigenvalue weighted by Crippen LogP contribution is -2.31. The van der Waals surface area contributed by atoms with E-state index in [1.54, 1.807) is 5.56 Å². The molecule has 1 nitrogen and oxygen atoms in total. The van der Waals surface area contributed by atoms with E-state index in [9.17, 15) is 0 Å². The van der Waals surface area contributed by atoms with Crippen LogP contribution in [0.15, 0.2) is 24.3 Å². The summed E-state index contributed by atoms with van der Waals surface area (Å²) in [6, 6.07) is 8.96. The van der Waals surface area contributed by atoms with Crippen molar-refractivity contribution in [1.82, 2.24) is 5.32 Å². The minimum Gasteiger partial charge on any atom is -0.317 e. The van der Waals surface area contributed by atoms with E-state index >= 15 is 0 Å². The van der Waals surface area contributed by atoms with Crippen LogP contribution in [0, 0.1) is 18.8 Å². The molecule has 0 amide bonds. The van der Waals surface area contributed by atoms with Gasteiger partial charge in [0.2, 0.25) is 0 Å². The Morgan fingerprint density at radius 1 is 1.22 bits per heavy atom. The number of hydrogen-bond donors (Lipinski definition) is 1. The summed E-state index contributed by atoms with van der Waals surface area (Å²) in [6.07, 6.45) is 4.15. The second kappa shape index (κ2) is 6.38. The van der Waals surface area contributed by atoms with Crippen LogP contribution in [0.4, 0.5) is 0 Å². The standard InChI is InChI=1S/C17H27N/c1-4-18-12-15-10-9-13(2)11-17(15)16-8-6-5-7-14(16)3/h5-8,13,15,17-18H,4,9-12H2,1-3H3. The molecule has 1 aromatic carbocycles. The summed E-state index contributed by atoms with van der Waals surface area (Å²) >= 11 is 0. The van der Waals surface area contributed by atoms with Gasteiger partial charge in [0.1, 0.15) is 0 Å². The quantitative estimate of drug-likeness (QED) is 0.841. The van der Waals surface area contributed by atoms with Crippen LogP contribution >= 0.6 is 0 Å². The summed E-state index contributed by atoms with van der Waals surface area (Å²) in [4.78, 5) is 0. The number of rotatable bonds is 4. The van der Waals surface area contributed by atoms with Gasteiger partial charge in [0.05, 0.1) is 0 Å². The normalized spacial score (nSPS) is 28.3. The molecule has 18 heavy (non-hydrogen) atoms. The molecule has 0 aromatic heterocycles. The van der Waals surface area contributed by atoms with Crippen molar-refractivity contribution < 1.29 is 0 Å². The van der Waals surface area contributed by atoms with Gasteiger partial charge in [0.15, 0.2) is 0 Å². The van der Waals surface area contributed by atoms with Crippen LogP contribution in [-0.4, -0.2) is 13.1 Å². The smallest absolute Gasteiger partial charge is 0.00148 e. The highest BCUT2D eigenvalue weighted by Gasteiger charge is 2.30. The summed E-state index contributed by atoms with van der Waals surface area (Å²) in [5.41, 5.74) is 3.06. The summed E-state index contributed by atoms with van der Waals surface area (Å²) in [5.74, 6) is 2.46. The number of hydrogen-bond acceptors (Lipinski definition) is 1. The van der Waals surface area contributed by atoms with Crippen molar-refractivity contribution in [1.29, 1.82) is 0 Å². The van der Waals surface area contributed by atoms with Crippen LogP contribution in [0.1, 0.15) is 50.2 Å².